The van der Waals surface area contributed by atoms with Gasteiger partial charge in [0, 0.05) is 35.0 Å². The van der Waals surface area contributed by atoms with Gasteiger partial charge < -0.3 is 15.7 Å². The summed E-state index contributed by atoms with van der Waals surface area (Å²) < 4.78 is 0.566. The standard InChI is InChI=1S/C13H15BrN2O3S/c14-10-3-1-2-9(13(18)19)12(10)16-11(17)6-8-7-20-5-4-15-8/h1-3,8,15H,4-7H2,(H,16,17)(H,18,19). The van der Waals surface area contributed by atoms with E-state index in [-0.39, 0.29) is 17.5 Å². The van der Waals surface area contributed by atoms with Crippen molar-refractivity contribution in [2.75, 3.05) is 23.4 Å². The number of anilines is 1. The van der Waals surface area contributed by atoms with Crippen LogP contribution in [0.2, 0.25) is 0 Å². The van der Waals surface area contributed by atoms with Crippen molar-refractivity contribution in [3.8, 4) is 0 Å². The number of thioether (sulfide) groups is 1. The minimum Gasteiger partial charge on any atom is -0.478 e. The minimum absolute atomic E-state index is 0.0821. The first-order valence-corrected chi connectivity index (χ1v) is 8.15. The summed E-state index contributed by atoms with van der Waals surface area (Å²) in [5.74, 6) is 0.716. The lowest BCUT2D eigenvalue weighted by Crippen LogP contribution is -2.40. The van der Waals surface area contributed by atoms with Gasteiger partial charge in [-0.3, -0.25) is 4.79 Å². The van der Waals surface area contributed by atoms with Crippen LogP contribution >= 0.6 is 27.7 Å². The molecule has 0 saturated carbocycles. The van der Waals surface area contributed by atoms with Crippen LogP contribution in [0.15, 0.2) is 22.7 Å². The summed E-state index contributed by atoms with van der Waals surface area (Å²) in [5, 5.41) is 15.1. The highest BCUT2D eigenvalue weighted by Crippen LogP contribution is 2.27. The highest BCUT2D eigenvalue weighted by Gasteiger charge is 2.19. The summed E-state index contributed by atoms with van der Waals surface area (Å²) >= 11 is 5.09. The van der Waals surface area contributed by atoms with Gasteiger partial charge in [0.25, 0.3) is 0 Å². The molecule has 1 aliphatic rings. The Bertz CT molecular complexity index is 518. The van der Waals surface area contributed by atoms with Crippen LogP contribution in [0, 0.1) is 0 Å². The van der Waals surface area contributed by atoms with E-state index in [0.717, 1.165) is 18.1 Å². The summed E-state index contributed by atoms with van der Waals surface area (Å²) in [6, 6.07) is 4.95. The fraction of sp³-hybridized carbons (Fsp3) is 0.385. The molecule has 1 fully saturated rings. The molecule has 1 atom stereocenters. The third kappa shape index (κ3) is 3.97. The monoisotopic (exact) mass is 358 g/mol. The van der Waals surface area contributed by atoms with E-state index in [0.29, 0.717) is 16.6 Å². The molecule has 0 spiro atoms. The van der Waals surface area contributed by atoms with Crippen LogP contribution in [0.1, 0.15) is 16.8 Å². The van der Waals surface area contributed by atoms with Gasteiger partial charge in [0.2, 0.25) is 5.91 Å². The van der Waals surface area contributed by atoms with E-state index >= 15 is 0 Å². The number of carbonyl (C=O) groups excluding carboxylic acids is 1. The maximum atomic E-state index is 12.0. The first kappa shape index (κ1) is 15.3. The molecule has 0 aliphatic carbocycles. The minimum atomic E-state index is -1.06. The van der Waals surface area contributed by atoms with Gasteiger partial charge in [-0.25, -0.2) is 4.79 Å². The van der Waals surface area contributed by atoms with Crippen LogP contribution in [0.5, 0.6) is 0 Å². The lowest BCUT2D eigenvalue weighted by molar-refractivity contribution is -0.116. The Kier molecular flexibility index (Phi) is 5.45. The summed E-state index contributed by atoms with van der Waals surface area (Å²) in [6.45, 7) is 0.901. The molecule has 0 radical (unpaired) electrons. The molecule has 1 saturated heterocycles. The zero-order valence-corrected chi connectivity index (χ0v) is 13.1. The Morgan fingerprint density at radius 2 is 2.30 bits per heavy atom. The molecule has 0 aromatic heterocycles. The number of carboxylic acids is 1. The Hall–Kier alpha value is -1.05. The molecule has 1 aromatic rings. The van der Waals surface area contributed by atoms with Gasteiger partial charge >= 0.3 is 5.97 Å². The molecule has 20 heavy (non-hydrogen) atoms. The number of para-hydroxylation sites is 1. The fourth-order valence-corrected chi connectivity index (χ4v) is 3.41. The van der Waals surface area contributed by atoms with Crippen LogP contribution < -0.4 is 10.6 Å². The number of carboxylic acid groups (broad SMARTS) is 1. The molecule has 1 heterocycles. The molecule has 1 aromatic carbocycles. The van der Waals surface area contributed by atoms with Gasteiger partial charge in [0.05, 0.1) is 11.3 Å². The average Bonchev–Trinajstić information content (AvgIpc) is 2.42. The molecule has 5 nitrogen and oxygen atoms in total. The van der Waals surface area contributed by atoms with Crippen LogP contribution in [0.4, 0.5) is 5.69 Å². The number of carbonyl (C=O) groups is 2. The number of rotatable bonds is 4. The molecule has 108 valence electrons. The van der Waals surface area contributed by atoms with E-state index in [1.54, 1.807) is 12.1 Å². The highest BCUT2D eigenvalue weighted by molar-refractivity contribution is 9.10. The SMILES string of the molecule is O=C(CC1CSCCN1)Nc1c(Br)cccc1C(=O)O. The smallest absolute Gasteiger partial charge is 0.337 e. The summed E-state index contributed by atoms with van der Waals surface area (Å²) in [6.07, 6.45) is 0.341. The Balaban J connectivity index is 2.05. The summed E-state index contributed by atoms with van der Waals surface area (Å²) in [4.78, 5) is 23.2. The summed E-state index contributed by atoms with van der Waals surface area (Å²) in [7, 11) is 0. The quantitative estimate of drug-likeness (QED) is 0.768. The van der Waals surface area contributed by atoms with Gasteiger partial charge in [-0.05, 0) is 28.1 Å². The van der Waals surface area contributed by atoms with Crippen LogP contribution in [0.3, 0.4) is 0 Å². The third-order valence-electron chi connectivity index (χ3n) is 2.94. The number of hydrogen-bond donors (Lipinski definition) is 3. The maximum absolute atomic E-state index is 12.0. The van der Waals surface area contributed by atoms with E-state index in [4.69, 9.17) is 5.11 Å². The molecule has 1 aliphatic heterocycles. The Labute approximate surface area is 129 Å². The van der Waals surface area contributed by atoms with Crippen molar-refractivity contribution in [1.29, 1.82) is 0 Å². The average molecular weight is 359 g/mol. The van der Waals surface area contributed by atoms with E-state index in [9.17, 15) is 9.59 Å². The Morgan fingerprint density at radius 1 is 1.50 bits per heavy atom. The van der Waals surface area contributed by atoms with Crippen molar-refractivity contribution in [3.05, 3.63) is 28.2 Å². The van der Waals surface area contributed by atoms with Crippen molar-refractivity contribution < 1.29 is 14.7 Å². The largest absolute Gasteiger partial charge is 0.478 e. The normalized spacial score (nSPS) is 18.6. The number of benzene rings is 1. The molecular formula is C13H15BrN2O3S. The lowest BCUT2D eigenvalue weighted by atomic mass is 10.1. The third-order valence-corrected chi connectivity index (χ3v) is 4.73. The van der Waals surface area contributed by atoms with Crippen molar-refractivity contribution >= 4 is 45.3 Å². The Morgan fingerprint density at radius 3 is 2.95 bits per heavy atom. The first-order valence-electron chi connectivity index (χ1n) is 6.20. The molecule has 7 heteroatoms. The van der Waals surface area contributed by atoms with Crippen molar-refractivity contribution in [2.45, 2.75) is 12.5 Å². The molecule has 1 unspecified atom stereocenters. The highest BCUT2D eigenvalue weighted by atomic mass is 79.9. The number of aromatic carboxylic acids is 1. The van der Waals surface area contributed by atoms with Crippen molar-refractivity contribution in [3.63, 3.8) is 0 Å². The number of halogens is 1. The molecule has 3 N–H and O–H groups in total. The topological polar surface area (TPSA) is 78.4 Å². The van der Waals surface area contributed by atoms with Gasteiger partial charge in [0.1, 0.15) is 0 Å². The second-order valence-corrected chi connectivity index (χ2v) is 6.45. The van der Waals surface area contributed by atoms with E-state index in [1.807, 2.05) is 11.8 Å². The molecular weight excluding hydrogens is 344 g/mol. The van der Waals surface area contributed by atoms with Gasteiger partial charge in [-0.2, -0.15) is 11.8 Å². The van der Waals surface area contributed by atoms with E-state index in [2.05, 4.69) is 26.6 Å². The van der Waals surface area contributed by atoms with Crippen LogP contribution in [-0.4, -0.2) is 41.1 Å². The number of nitrogens with one attached hydrogen (secondary N) is 2. The maximum Gasteiger partial charge on any atom is 0.337 e. The second-order valence-electron chi connectivity index (χ2n) is 4.45. The molecule has 2 rings (SSSR count). The molecule has 0 bridgehead atoms. The van der Waals surface area contributed by atoms with Crippen LogP contribution in [-0.2, 0) is 4.79 Å². The van der Waals surface area contributed by atoms with Gasteiger partial charge in [0.15, 0.2) is 0 Å². The molecule has 1 amide bonds. The zero-order chi connectivity index (χ0) is 14.5. The predicted octanol–water partition coefficient (Wildman–Crippen LogP) is 2.18. The number of hydrogen-bond acceptors (Lipinski definition) is 4. The van der Waals surface area contributed by atoms with Gasteiger partial charge in [-0.15, -0.1) is 0 Å². The van der Waals surface area contributed by atoms with Crippen molar-refractivity contribution in [2.24, 2.45) is 0 Å². The lowest BCUT2D eigenvalue weighted by Gasteiger charge is -2.22. The second kappa shape index (κ2) is 7.10. The van der Waals surface area contributed by atoms with Crippen LogP contribution in [0.25, 0.3) is 0 Å². The number of amides is 1. The zero-order valence-electron chi connectivity index (χ0n) is 10.7. The first-order chi connectivity index (χ1) is 9.58. The van der Waals surface area contributed by atoms with E-state index < -0.39 is 5.97 Å². The van der Waals surface area contributed by atoms with Crippen molar-refractivity contribution in [1.82, 2.24) is 5.32 Å². The summed E-state index contributed by atoms with van der Waals surface area (Å²) in [5.41, 5.74) is 0.396. The fourth-order valence-electron chi connectivity index (χ4n) is 1.99. The van der Waals surface area contributed by atoms with Gasteiger partial charge in [-0.1, -0.05) is 6.07 Å². The predicted molar refractivity (Wildman–Crippen MR) is 83.5 cm³/mol. The van der Waals surface area contributed by atoms with E-state index in [1.165, 1.54) is 6.07 Å².